The largest absolute Gasteiger partial charge is 0.459 e. The Balaban J connectivity index is 2.32. The molecule has 0 saturated heterocycles. The average molecular weight is 355 g/mol. The van der Waals surface area contributed by atoms with Crippen LogP contribution in [0, 0.1) is 11.3 Å². The minimum atomic E-state index is -0.696. The van der Waals surface area contributed by atoms with Crippen molar-refractivity contribution in [2.75, 3.05) is 4.90 Å². The molecular formula is C18H17N3O3S. The Labute approximate surface area is 150 Å². The molecule has 0 radical (unpaired) electrons. The second kappa shape index (κ2) is 8.22. The van der Waals surface area contributed by atoms with E-state index in [1.807, 2.05) is 24.3 Å². The molecule has 0 aliphatic heterocycles. The van der Waals surface area contributed by atoms with Crippen molar-refractivity contribution < 1.29 is 14.3 Å². The summed E-state index contributed by atoms with van der Waals surface area (Å²) in [4.78, 5) is 29.7. The molecule has 0 spiro atoms. The minimum Gasteiger partial charge on any atom is -0.459 e. The molecule has 0 fully saturated rings. The molecule has 25 heavy (non-hydrogen) atoms. The summed E-state index contributed by atoms with van der Waals surface area (Å²) >= 11 is 1.25. The second-order valence-electron chi connectivity index (χ2n) is 5.37. The summed E-state index contributed by atoms with van der Waals surface area (Å²) in [5, 5.41) is 11.3. The van der Waals surface area contributed by atoms with E-state index in [1.165, 1.54) is 29.2 Å². The number of aromatic nitrogens is 1. The lowest BCUT2D eigenvalue weighted by molar-refractivity contribution is -0.142. The predicted octanol–water partition coefficient (Wildman–Crippen LogP) is 3.69. The number of amides is 1. The first-order chi connectivity index (χ1) is 11.9. The summed E-state index contributed by atoms with van der Waals surface area (Å²) in [5.41, 5.74) is 0.971. The number of nitrogens with zero attached hydrogens (tertiary/aromatic N) is 3. The van der Waals surface area contributed by atoms with Crippen molar-refractivity contribution in [3.63, 3.8) is 0 Å². The standard InChI is InChI=1S/C18H17N3O3S/c1-12(2)24-17(23)14(10-19)9-15-11-25-18(20-15)21(13(3)22)16-7-5-4-6-8-16/h4-9,11-12H,1-3H3/b14-9+. The monoisotopic (exact) mass is 355 g/mol. The van der Waals surface area contributed by atoms with Gasteiger partial charge in [0.1, 0.15) is 11.6 Å². The first kappa shape index (κ1) is 18.4. The van der Waals surface area contributed by atoms with Crippen molar-refractivity contribution in [3.05, 3.63) is 47.0 Å². The van der Waals surface area contributed by atoms with Gasteiger partial charge in [0, 0.05) is 12.3 Å². The van der Waals surface area contributed by atoms with Gasteiger partial charge >= 0.3 is 5.97 Å². The lowest BCUT2D eigenvalue weighted by atomic mass is 10.2. The fourth-order valence-corrected chi connectivity index (χ4v) is 2.86. The number of hydrogen-bond acceptors (Lipinski definition) is 6. The SMILES string of the molecule is CC(=O)N(c1ccccc1)c1nc(/C=C(\C#N)C(=O)OC(C)C)cs1. The third kappa shape index (κ3) is 4.75. The Bertz CT molecular complexity index is 835. The molecule has 1 heterocycles. The molecule has 0 saturated carbocycles. The van der Waals surface area contributed by atoms with Crippen LogP contribution in [0.5, 0.6) is 0 Å². The number of rotatable bonds is 5. The fourth-order valence-electron chi connectivity index (χ4n) is 2.01. The molecular weight excluding hydrogens is 338 g/mol. The number of benzene rings is 1. The third-order valence-corrected chi connectivity index (χ3v) is 3.85. The van der Waals surface area contributed by atoms with Crippen LogP contribution in [0.2, 0.25) is 0 Å². The Morgan fingerprint density at radius 2 is 2.00 bits per heavy atom. The predicted molar refractivity (Wildman–Crippen MR) is 96.2 cm³/mol. The average Bonchev–Trinajstić information content (AvgIpc) is 3.00. The van der Waals surface area contributed by atoms with E-state index in [2.05, 4.69) is 4.98 Å². The zero-order valence-electron chi connectivity index (χ0n) is 14.1. The smallest absolute Gasteiger partial charge is 0.349 e. The maximum atomic E-state index is 12.0. The van der Waals surface area contributed by atoms with Gasteiger partial charge in [0.25, 0.3) is 0 Å². The van der Waals surface area contributed by atoms with Gasteiger partial charge in [-0.15, -0.1) is 11.3 Å². The van der Waals surface area contributed by atoms with Crippen molar-refractivity contribution in [2.45, 2.75) is 26.9 Å². The number of hydrogen-bond donors (Lipinski definition) is 0. The zero-order valence-corrected chi connectivity index (χ0v) is 14.9. The Kier molecular flexibility index (Phi) is 6.03. The van der Waals surface area contributed by atoms with Crippen molar-refractivity contribution in [3.8, 4) is 6.07 Å². The van der Waals surface area contributed by atoms with E-state index in [9.17, 15) is 9.59 Å². The molecule has 0 bridgehead atoms. The molecule has 1 aromatic heterocycles. The van der Waals surface area contributed by atoms with E-state index in [0.717, 1.165) is 0 Å². The van der Waals surface area contributed by atoms with Crippen LogP contribution in [0.4, 0.5) is 10.8 Å². The number of anilines is 2. The molecule has 128 valence electrons. The van der Waals surface area contributed by atoms with Gasteiger partial charge < -0.3 is 4.74 Å². The molecule has 0 aliphatic rings. The normalized spacial score (nSPS) is 11.1. The van der Waals surface area contributed by atoms with Crippen LogP contribution >= 0.6 is 11.3 Å². The molecule has 2 aromatic rings. The maximum absolute atomic E-state index is 12.0. The molecule has 1 aromatic carbocycles. The van der Waals surface area contributed by atoms with Crippen molar-refractivity contribution in [2.24, 2.45) is 0 Å². The van der Waals surface area contributed by atoms with E-state index in [-0.39, 0.29) is 17.6 Å². The van der Waals surface area contributed by atoms with Gasteiger partial charge in [0.2, 0.25) is 5.91 Å². The molecule has 2 rings (SSSR count). The van der Waals surface area contributed by atoms with Gasteiger partial charge in [0.15, 0.2) is 5.13 Å². The van der Waals surface area contributed by atoms with Crippen LogP contribution in [-0.2, 0) is 14.3 Å². The van der Waals surface area contributed by atoms with Crippen LogP contribution in [0.25, 0.3) is 6.08 Å². The van der Waals surface area contributed by atoms with E-state index in [4.69, 9.17) is 10.00 Å². The zero-order chi connectivity index (χ0) is 18.4. The van der Waals surface area contributed by atoms with E-state index >= 15 is 0 Å². The summed E-state index contributed by atoms with van der Waals surface area (Å²) in [6.45, 7) is 4.86. The van der Waals surface area contributed by atoms with Crippen LogP contribution in [-0.4, -0.2) is 23.0 Å². The highest BCUT2D eigenvalue weighted by molar-refractivity contribution is 7.14. The van der Waals surface area contributed by atoms with Gasteiger partial charge in [-0.25, -0.2) is 9.78 Å². The number of carbonyl (C=O) groups is 2. The van der Waals surface area contributed by atoms with Gasteiger partial charge in [-0.2, -0.15) is 5.26 Å². The maximum Gasteiger partial charge on any atom is 0.349 e. The van der Waals surface area contributed by atoms with Gasteiger partial charge in [-0.1, -0.05) is 18.2 Å². The lowest BCUT2D eigenvalue weighted by Crippen LogP contribution is -2.22. The first-order valence-electron chi connectivity index (χ1n) is 7.56. The quantitative estimate of drug-likeness (QED) is 0.464. The summed E-state index contributed by atoms with van der Waals surface area (Å²) in [5.74, 6) is -0.880. The van der Waals surface area contributed by atoms with Crippen LogP contribution in [0.1, 0.15) is 26.5 Å². The number of carbonyl (C=O) groups excluding carboxylic acids is 2. The van der Waals surface area contributed by atoms with Crippen molar-refractivity contribution in [1.29, 1.82) is 5.26 Å². The van der Waals surface area contributed by atoms with E-state index in [0.29, 0.717) is 16.5 Å². The summed E-state index contributed by atoms with van der Waals surface area (Å²) in [6.07, 6.45) is 1.04. The molecule has 0 aliphatic carbocycles. The highest BCUT2D eigenvalue weighted by atomic mass is 32.1. The molecule has 0 atom stereocenters. The first-order valence-corrected chi connectivity index (χ1v) is 8.44. The molecule has 0 N–H and O–H groups in total. The fraction of sp³-hybridized carbons (Fsp3) is 0.222. The van der Waals surface area contributed by atoms with E-state index in [1.54, 1.807) is 31.4 Å². The number of nitriles is 1. The van der Waals surface area contributed by atoms with Gasteiger partial charge in [-0.05, 0) is 32.1 Å². The number of thiazole rings is 1. The molecule has 6 nitrogen and oxygen atoms in total. The Morgan fingerprint density at radius 3 is 2.56 bits per heavy atom. The number of para-hydroxylation sites is 1. The highest BCUT2D eigenvalue weighted by Crippen LogP contribution is 2.29. The van der Waals surface area contributed by atoms with Crippen LogP contribution in [0.15, 0.2) is 41.3 Å². The van der Waals surface area contributed by atoms with Crippen molar-refractivity contribution in [1.82, 2.24) is 4.98 Å². The summed E-state index contributed by atoms with van der Waals surface area (Å²) < 4.78 is 5.02. The lowest BCUT2D eigenvalue weighted by Gasteiger charge is -2.17. The Morgan fingerprint density at radius 1 is 1.32 bits per heavy atom. The molecule has 7 heteroatoms. The number of ether oxygens (including phenoxy) is 1. The highest BCUT2D eigenvalue weighted by Gasteiger charge is 2.18. The molecule has 1 amide bonds. The summed E-state index contributed by atoms with van der Waals surface area (Å²) in [6, 6.07) is 10.9. The minimum absolute atomic E-state index is 0.139. The van der Waals surface area contributed by atoms with Gasteiger partial charge in [-0.3, -0.25) is 9.69 Å². The van der Waals surface area contributed by atoms with Crippen molar-refractivity contribution >= 4 is 40.1 Å². The number of esters is 1. The summed E-state index contributed by atoms with van der Waals surface area (Å²) in [7, 11) is 0. The Hall–Kier alpha value is -2.98. The van der Waals surface area contributed by atoms with Crippen LogP contribution in [0.3, 0.4) is 0 Å². The topological polar surface area (TPSA) is 83.3 Å². The van der Waals surface area contributed by atoms with E-state index < -0.39 is 5.97 Å². The van der Waals surface area contributed by atoms with Crippen LogP contribution < -0.4 is 4.90 Å². The second-order valence-corrected chi connectivity index (χ2v) is 6.21. The third-order valence-electron chi connectivity index (χ3n) is 3.01. The van der Waals surface area contributed by atoms with Gasteiger partial charge in [0.05, 0.1) is 17.5 Å². The molecule has 0 unspecified atom stereocenters.